The Hall–Kier alpha value is -0.513. The summed E-state index contributed by atoms with van der Waals surface area (Å²) in [6.07, 6.45) is 3.47. The Morgan fingerprint density at radius 2 is 2.22 bits per heavy atom. The van der Waals surface area contributed by atoms with Crippen molar-refractivity contribution in [1.82, 2.24) is 4.98 Å². The van der Waals surface area contributed by atoms with Gasteiger partial charge in [0.05, 0.1) is 5.69 Å². The first-order valence-corrected chi connectivity index (χ1v) is 2.47. The topological polar surface area (TPSA) is 12.9 Å². The van der Waals surface area contributed by atoms with Crippen LogP contribution in [0, 0.1) is 0 Å². The van der Waals surface area contributed by atoms with Crippen LogP contribution in [0.5, 0.6) is 0 Å². The molecule has 1 radical (unpaired) electrons. The minimum Gasteiger partial charge on any atom is -0.257 e. The van der Waals surface area contributed by atoms with Gasteiger partial charge >= 0.3 is 0 Å². The predicted molar refractivity (Wildman–Crippen MR) is 40.1 cm³/mol. The second kappa shape index (κ2) is 4.37. The summed E-state index contributed by atoms with van der Waals surface area (Å²) in [5.41, 5.74) is 0.924. The van der Waals surface area contributed by atoms with Crippen LogP contribution in [0.25, 0.3) is 6.08 Å². The molecule has 0 aliphatic rings. The van der Waals surface area contributed by atoms with E-state index in [4.69, 9.17) is 0 Å². The third-order valence-electron chi connectivity index (χ3n) is 0.897. The van der Waals surface area contributed by atoms with Crippen molar-refractivity contribution in [2.45, 2.75) is 0 Å². The largest absolute Gasteiger partial charge is 0.257 e. The molecule has 0 N–H and O–H groups in total. The summed E-state index contributed by atoms with van der Waals surface area (Å²) < 4.78 is 0. The molecule has 9 heavy (non-hydrogen) atoms. The van der Waals surface area contributed by atoms with Crippen molar-refractivity contribution < 1.29 is 0 Å². The molecular weight excluding hydrogens is 105 g/mol. The average Bonchev–Trinajstić information content (AvgIpc) is 1.90. The molecule has 0 saturated heterocycles. The van der Waals surface area contributed by atoms with Crippen LogP contribution in [-0.2, 0) is 0 Å². The van der Waals surface area contributed by atoms with Gasteiger partial charge < -0.3 is 0 Å². The Bertz CT molecular complexity index is 172. The van der Waals surface area contributed by atoms with Crippen molar-refractivity contribution in [3.8, 4) is 0 Å². The molecule has 0 aliphatic heterocycles. The van der Waals surface area contributed by atoms with Crippen molar-refractivity contribution in [2.75, 3.05) is 0 Å². The van der Waals surface area contributed by atoms with Gasteiger partial charge in [0.1, 0.15) is 0 Å². The van der Waals surface area contributed by atoms with Crippen molar-refractivity contribution in [1.29, 1.82) is 0 Å². The van der Waals surface area contributed by atoms with Gasteiger partial charge in [-0.15, -0.1) is 0 Å². The van der Waals surface area contributed by atoms with E-state index in [1.807, 2.05) is 18.2 Å². The summed E-state index contributed by atoms with van der Waals surface area (Å²) in [7, 11) is 0. The van der Waals surface area contributed by atoms with Crippen LogP contribution in [-0.4, -0.2) is 23.8 Å². The molecule has 0 spiro atoms. The average molecular weight is 112 g/mol. The smallest absolute Gasteiger partial charge is 0.0623 e. The Morgan fingerprint density at radius 1 is 1.44 bits per heavy atom. The number of hydrogen-bond donors (Lipinski definition) is 0. The Labute approximate surface area is 67.0 Å². The molecule has 1 aromatic heterocycles. The predicted octanol–water partition coefficient (Wildman–Crippen LogP) is 1.34. The van der Waals surface area contributed by atoms with Gasteiger partial charge in [-0.05, 0) is 18.2 Å². The summed E-state index contributed by atoms with van der Waals surface area (Å²) in [6.45, 7) is 3.57. The molecule has 2 heteroatoms. The number of pyridine rings is 1. The van der Waals surface area contributed by atoms with Crippen LogP contribution < -0.4 is 0 Å². The minimum absolute atomic E-state index is 0. The van der Waals surface area contributed by atoms with Gasteiger partial charge in [-0.1, -0.05) is 12.6 Å². The minimum atomic E-state index is 0. The van der Waals surface area contributed by atoms with Gasteiger partial charge in [-0.2, -0.15) is 0 Å². The summed E-state index contributed by atoms with van der Waals surface area (Å²) >= 11 is 0. The zero-order valence-electron chi connectivity index (χ0n) is 5.54. The normalized spacial score (nSPS) is 7.56. The fourth-order valence-electron chi connectivity index (χ4n) is 0.497. The third-order valence-corrected chi connectivity index (χ3v) is 0.897. The van der Waals surface area contributed by atoms with E-state index in [2.05, 4.69) is 11.6 Å². The van der Waals surface area contributed by atoms with Crippen LogP contribution in [0.1, 0.15) is 5.69 Å². The second-order valence-electron chi connectivity index (χ2n) is 1.46. The van der Waals surface area contributed by atoms with E-state index >= 15 is 0 Å². The number of aromatic nitrogens is 1. The standard InChI is InChI=1S/C7H7N.Li/c1-2-7-5-3-4-6-8-7;/h2-6H,1H2;. The van der Waals surface area contributed by atoms with E-state index < -0.39 is 0 Å². The van der Waals surface area contributed by atoms with Gasteiger partial charge in [0, 0.05) is 25.1 Å². The van der Waals surface area contributed by atoms with E-state index in [1.54, 1.807) is 12.3 Å². The zero-order chi connectivity index (χ0) is 5.82. The third kappa shape index (κ3) is 2.50. The molecule has 0 bridgehead atoms. The molecule has 0 unspecified atom stereocenters. The summed E-state index contributed by atoms with van der Waals surface area (Å²) in [5, 5.41) is 0. The van der Waals surface area contributed by atoms with Crippen LogP contribution in [0.2, 0.25) is 0 Å². The Balaban J connectivity index is 0.000000640. The maximum Gasteiger partial charge on any atom is 0.0623 e. The maximum atomic E-state index is 3.98. The maximum absolute atomic E-state index is 3.98. The van der Waals surface area contributed by atoms with Gasteiger partial charge in [0.25, 0.3) is 0 Å². The second-order valence-corrected chi connectivity index (χ2v) is 1.46. The summed E-state index contributed by atoms with van der Waals surface area (Å²) in [6, 6.07) is 5.73. The summed E-state index contributed by atoms with van der Waals surface area (Å²) in [4.78, 5) is 3.98. The SMILES string of the molecule is C=Cc1ccccn1.[Li]. The molecule has 0 aliphatic carbocycles. The fraction of sp³-hybridized carbons (Fsp3) is 0. The molecule has 0 amide bonds. The Kier molecular flexibility index (Phi) is 4.13. The van der Waals surface area contributed by atoms with Crippen LogP contribution >= 0.6 is 0 Å². The molecule has 0 fully saturated rings. The van der Waals surface area contributed by atoms with Crippen LogP contribution in [0.3, 0.4) is 0 Å². The molecule has 41 valence electrons. The van der Waals surface area contributed by atoms with Crippen LogP contribution in [0.15, 0.2) is 31.0 Å². The first-order valence-electron chi connectivity index (χ1n) is 2.47. The molecule has 1 rings (SSSR count). The zero-order valence-corrected chi connectivity index (χ0v) is 5.54. The molecule has 1 aromatic rings. The summed E-state index contributed by atoms with van der Waals surface area (Å²) in [5.74, 6) is 0. The van der Waals surface area contributed by atoms with E-state index in [1.165, 1.54) is 0 Å². The molecule has 0 atom stereocenters. The van der Waals surface area contributed by atoms with E-state index in [0.717, 1.165) is 5.69 Å². The fourth-order valence-corrected chi connectivity index (χ4v) is 0.497. The quantitative estimate of drug-likeness (QED) is 0.499. The molecular formula is C7H7LiN. The van der Waals surface area contributed by atoms with E-state index in [-0.39, 0.29) is 18.9 Å². The van der Waals surface area contributed by atoms with E-state index in [0.29, 0.717) is 0 Å². The van der Waals surface area contributed by atoms with Crippen molar-refractivity contribution in [3.63, 3.8) is 0 Å². The van der Waals surface area contributed by atoms with E-state index in [9.17, 15) is 0 Å². The number of rotatable bonds is 1. The Morgan fingerprint density at radius 3 is 2.56 bits per heavy atom. The molecule has 0 saturated carbocycles. The van der Waals surface area contributed by atoms with Crippen molar-refractivity contribution in [2.24, 2.45) is 0 Å². The van der Waals surface area contributed by atoms with Gasteiger partial charge in [-0.3, -0.25) is 4.98 Å². The first kappa shape index (κ1) is 8.49. The monoisotopic (exact) mass is 112 g/mol. The number of hydrogen-bond acceptors (Lipinski definition) is 1. The molecule has 1 nitrogen and oxygen atoms in total. The van der Waals surface area contributed by atoms with Gasteiger partial charge in [0.2, 0.25) is 0 Å². The first-order chi connectivity index (χ1) is 3.93. The van der Waals surface area contributed by atoms with Gasteiger partial charge in [0.15, 0.2) is 0 Å². The van der Waals surface area contributed by atoms with Gasteiger partial charge in [-0.25, -0.2) is 0 Å². The van der Waals surface area contributed by atoms with Crippen molar-refractivity contribution in [3.05, 3.63) is 36.7 Å². The van der Waals surface area contributed by atoms with Crippen LogP contribution in [0.4, 0.5) is 0 Å². The number of nitrogens with zero attached hydrogens (tertiary/aromatic N) is 1. The molecule has 1 heterocycles. The van der Waals surface area contributed by atoms with Crippen molar-refractivity contribution >= 4 is 24.9 Å². The molecule has 0 aromatic carbocycles.